The highest BCUT2D eigenvalue weighted by molar-refractivity contribution is 5.93. The van der Waals surface area contributed by atoms with Gasteiger partial charge in [0.2, 0.25) is 0 Å². The molecule has 1 fully saturated rings. The highest BCUT2D eigenvalue weighted by atomic mass is 16.2. The van der Waals surface area contributed by atoms with Gasteiger partial charge in [0.15, 0.2) is 0 Å². The number of nitrogens with zero attached hydrogens (tertiary/aromatic N) is 2. The number of hydrogen-bond donors (Lipinski definition) is 1. The maximum absolute atomic E-state index is 12.6. The number of carbonyl (C=O) groups is 1. The summed E-state index contributed by atoms with van der Waals surface area (Å²) in [5, 5.41) is 3.30. The van der Waals surface area contributed by atoms with Crippen LogP contribution < -0.4 is 5.32 Å². The van der Waals surface area contributed by atoms with Crippen molar-refractivity contribution in [1.82, 2.24) is 9.88 Å². The molecule has 1 saturated carbocycles. The van der Waals surface area contributed by atoms with E-state index in [0.717, 1.165) is 37.4 Å². The van der Waals surface area contributed by atoms with Crippen LogP contribution in [0.2, 0.25) is 0 Å². The number of hydrogen-bond acceptors (Lipinski definition) is 3. The minimum absolute atomic E-state index is 0.0368. The molecule has 1 aliphatic rings. The Morgan fingerprint density at radius 3 is 2.76 bits per heavy atom. The molecule has 4 nitrogen and oxygen atoms in total. The summed E-state index contributed by atoms with van der Waals surface area (Å²) in [5.41, 5.74) is 1.51. The van der Waals surface area contributed by atoms with Crippen molar-refractivity contribution >= 4 is 11.6 Å². The first-order valence-electron chi connectivity index (χ1n) is 8.09. The minimum atomic E-state index is 0.0368. The Balaban J connectivity index is 2.01. The number of rotatable bonds is 5. The molecule has 1 aliphatic carbocycles. The van der Waals surface area contributed by atoms with E-state index in [-0.39, 0.29) is 5.91 Å². The molecule has 1 aromatic rings. The van der Waals surface area contributed by atoms with Crippen LogP contribution in [-0.4, -0.2) is 35.4 Å². The molecular weight excluding hydrogens is 262 g/mol. The smallest absolute Gasteiger partial charge is 0.272 e. The summed E-state index contributed by atoms with van der Waals surface area (Å²) in [5.74, 6) is 0.833. The van der Waals surface area contributed by atoms with Crippen molar-refractivity contribution in [3.05, 3.63) is 24.0 Å². The standard InChI is InChI=1S/C17H27N3O/c1-4-10-18-14-9-11-19-16(12-14)17(21)20(3)15-7-5-13(2)6-8-15/h9,11-13,15H,4-8,10H2,1-3H3,(H,18,19). The fourth-order valence-electron chi connectivity index (χ4n) is 2.90. The molecule has 1 amide bonds. The maximum Gasteiger partial charge on any atom is 0.272 e. The lowest BCUT2D eigenvalue weighted by Gasteiger charge is -2.33. The predicted molar refractivity (Wildman–Crippen MR) is 86.5 cm³/mol. The molecule has 116 valence electrons. The fourth-order valence-corrected chi connectivity index (χ4v) is 2.90. The first-order chi connectivity index (χ1) is 10.1. The summed E-state index contributed by atoms with van der Waals surface area (Å²) in [6.07, 6.45) is 7.42. The highest BCUT2D eigenvalue weighted by Crippen LogP contribution is 2.27. The van der Waals surface area contributed by atoms with E-state index >= 15 is 0 Å². The van der Waals surface area contributed by atoms with Crippen LogP contribution in [0.4, 0.5) is 5.69 Å². The molecule has 1 N–H and O–H groups in total. The SMILES string of the molecule is CCCNc1ccnc(C(=O)N(C)C2CCC(C)CC2)c1. The van der Waals surface area contributed by atoms with Crippen molar-refractivity contribution in [1.29, 1.82) is 0 Å². The first kappa shape index (κ1) is 15.8. The number of aromatic nitrogens is 1. The van der Waals surface area contributed by atoms with Gasteiger partial charge in [-0.1, -0.05) is 13.8 Å². The Morgan fingerprint density at radius 1 is 1.38 bits per heavy atom. The monoisotopic (exact) mass is 289 g/mol. The Kier molecular flexibility index (Phi) is 5.59. The third-order valence-electron chi connectivity index (χ3n) is 4.41. The van der Waals surface area contributed by atoms with Gasteiger partial charge in [-0.25, -0.2) is 0 Å². The minimum Gasteiger partial charge on any atom is -0.385 e. The van der Waals surface area contributed by atoms with Crippen molar-refractivity contribution in [2.75, 3.05) is 18.9 Å². The summed E-state index contributed by atoms with van der Waals surface area (Å²) in [7, 11) is 1.91. The molecule has 0 radical (unpaired) electrons. The van der Waals surface area contributed by atoms with Crippen molar-refractivity contribution in [2.45, 2.75) is 52.0 Å². The molecule has 0 unspecified atom stereocenters. The van der Waals surface area contributed by atoms with Crippen molar-refractivity contribution in [3.8, 4) is 0 Å². The first-order valence-corrected chi connectivity index (χ1v) is 8.09. The van der Waals surface area contributed by atoms with Gasteiger partial charge in [-0.15, -0.1) is 0 Å². The van der Waals surface area contributed by atoms with E-state index in [9.17, 15) is 4.79 Å². The molecule has 0 bridgehead atoms. The Labute approximate surface area is 127 Å². The zero-order valence-corrected chi connectivity index (χ0v) is 13.4. The Hall–Kier alpha value is -1.58. The Morgan fingerprint density at radius 2 is 2.10 bits per heavy atom. The zero-order valence-electron chi connectivity index (χ0n) is 13.4. The third kappa shape index (κ3) is 4.19. The number of amides is 1. The topological polar surface area (TPSA) is 45.2 Å². The van der Waals surface area contributed by atoms with Crippen LogP contribution in [0, 0.1) is 5.92 Å². The molecule has 21 heavy (non-hydrogen) atoms. The van der Waals surface area contributed by atoms with E-state index in [1.807, 2.05) is 24.1 Å². The van der Waals surface area contributed by atoms with E-state index in [2.05, 4.69) is 24.1 Å². The lowest BCUT2D eigenvalue weighted by molar-refractivity contribution is 0.0673. The lowest BCUT2D eigenvalue weighted by Crippen LogP contribution is -2.39. The van der Waals surface area contributed by atoms with Crippen molar-refractivity contribution < 1.29 is 4.79 Å². The van der Waals surface area contributed by atoms with E-state index in [0.29, 0.717) is 11.7 Å². The third-order valence-corrected chi connectivity index (χ3v) is 4.41. The van der Waals surface area contributed by atoms with Gasteiger partial charge in [0.1, 0.15) is 5.69 Å². The number of pyridine rings is 1. The van der Waals surface area contributed by atoms with Crippen LogP contribution in [0.5, 0.6) is 0 Å². The average Bonchev–Trinajstić information content (AvgIpc) is 2.52. The maximum atomic E-state index is 12.6. The molecule has 1 aromatic heterocycles. The number of carbonyl (C=O) groups excluding carboxylic acids is 1. The molecule has 2 rings (SSSR count). The van der Waals surface area contributed by atoms with E-state index in [1.54, 1.807) is 6.20 Å². The van der Waals surface area contributed by atoms with Crippen molar-refractivity contribution in [3.63, 3.8) is 0 Å². The van der Waals surface area contributed by atoms with Gasteiger partial charge in [0, 0.05) is 31.5 Å². The van der Waals surface area contributed by atoms with Gasteiger partial charge >= 0.3 is 0 Å². The second kappa shape index (κ2) is 7.43. The van der Waals surface area contributed by atoms with Gasteiger partial charge in [0.05, 0.1) is 0 Å². The van der Waals surface area contributed by atoms with Crippen LogP contribution in [0.25, 0.3) is 0 Å². The zero-order chi connectivity index (χ0) is 15.2. The normalized spacial score (nSPS) is 21.9. The molecule has 4 heteroatoms. The summed E-state index contributed by atoms with van der Waals surface area (Å²) in [4.78, 5) is 18.7. The van der Waals surface area contributed by atoms with Gasteiger partial charge in [-0.05, 0) is 50.2 Å². The van der Waals surface area contributed by atoms with Crippen LogP contribution in [0.3, 0.4) is 0 Å². The lowest BCUT2D eigenvalue weighted by atomic mass is 9.86. The van der Waals surface area contributed by atoms with Gasteiger partial charge < -0.3 is 10.2 Å². The van der Waals surface area contributed by atoms with Gasteiger partial charge in [-0.3, -0.25) is 9.78 Å². The molecule has 0 aliphatic heterocycles. The van der Waals surface area contributed by atoms with Crippen LogP contribution >= 0.6 is 0 Å². The van der Waals surface area contributed by atoms with E-state index < -0.39 is 0 Å². The molecule has 0 saturated heterocycles. The summed E-state index contributed by atoms with van der Waals surface area (Å²) in [6, 6.07) is 4.14. The highest BCUT2D eigenvalue weighted by Gasteiger charge is 2.26. The van der Waals surface area contributed by atoms with Crippen LogP contribution in [-0.2, 0) is 0 Å². The molecule has 0 atom stereocenters. The molecule has 1 heterocycles. The number of nitrogens with one attached hydrogen (secondary N) is 1. The fraction of sp³-hybridized carbons (Fsp3) is 0.647. The summed E-state index contributed by atoms with van der Waals surface area (Å²) >= 11 is 0. The van der Waals surface area contributed by atoms with Crippen LogP contribution in [0.15, 0.2) is 18.3 Å². The number of anilines is 1. The Bertz CT molecular complexity index is 467. The molecule has 0 aromatic carbocycles. The van der Waals surface area contributed by atoms with Gasteiger partial charge in [-0.2, -0.15) is 0 Å². The van der Waals surface area contributed by atoms with Gasteiger partial charge in [0.25, 0.3) is 5.91 Å². The second-order valence-corrected chi connectivity index (χ2v) is 6.19. The second-order valence-electron chi connectivity index (χ2n) is 6.19. The van der Waals surface area contributed by atoms with E-state index in [1.165, 1.54) is 12.8 Å². The molecular formula is C17H27N3O. The largest absolute Gasteiger partial charge is 0.385 e. The summed E-state index contributed by atoms with van der Waals surface area (Å²) < 4.78 is 0. The average molecular weight is 289 g/mol. The van der Waals surface area contributed by atoms with Crippen molar-refractivity contribution in [2.24, 2.45) is 5.92 Å². The predicted octanol–water partition coefficient (Wildman–Crippen LogP) is 3.55. The molecule has 0 spiro atoms. The van der Waals surface area contributed by atoms with E-state index in [4.69, 9.17) is 0 Å². The quantitative estimate of drug-likeness (QED) is 0.901. The summed E-state index contributed by atoms with van der Waals surface area (Å²) in [6.45, 7) is 5.33. The van der Waals surface area contributed by atoms with Crippen LogP contribution in [0.1, 0.15) is 56.4 Å².